The summed E-state index contributed by atoms with van der Waals surface area (Å²) < 4.78 is 10.3. The van der Waals surface area contributed by atoms with Gasteiger partial charge in [0, 0.05) is 0 Å². The molecule has 0 N–H and O–H groups in total. The fraction of sp³-hybridized carbons (Fsp3) is 0.619. The molecule has 3 atom stereocenters. The Morgan fingerprint density at radius 2 is 1.48 bits per heavy atom. The Hall–Kier alpha value is -1.92. The van der Waals surface area contributed by atoms with Gasteiger partial charge in [0.05, 0.1) is 14.2 Å². The van der Waals surface area contributed by atoms with Crippen molar-refractivity contribution in [3.63, 3.8) is 0 Å². The summed E-state index contributed by atoms with van der Waals surface area (Å²) in [6, 6.07) is 9.74. The molecule has 0 bridgehead atoms. The van der Waals surface area contributed by atoms with E-state index in [1.807, 2.05) is 51.1 Å². The van der Waals surface area contributed by atoms with E-state index >= 15 is 0 Å². The number of hydrogen-bond acceptors (Lipinski definition) is 6. The van der Waals surface area contributed by atoms with Gasteiger partial charge in [0.2, 0.25) is 0 Å². The highest BCUT2D eigenvalue weighted by molar-refractivity contribution is 5.85. The zero-order chi connectivity index (χ0) is 20.1. The Labute approximate surface area is 161 Å². The molecule has 1 aliphatic rings. The summed E-state index contributed by atoms with van der Waals surface area (Å²) in [7, 11) is 2.75. The first-order valence-electron chi connectivity index (χ1n) is 9.60. The molecule has 1 unspecified atom stereocenters. The standard InChI is InChI=1S/C21H31NO5/c1-6-20(18(23)25-4)14-11-15-21(7-2,19(24)26-5)22(20)27-16(3)17-12-9-8-10-13-17/h8-10,12-13,16H,6-7,11,14-15H2,1-5H3/t16?,20-,21-/m0/s1. The molecule has 0 spiro atoms. The molecule has 0 amide bonds. The summed E-state index contributed by atoms with van der Waals surface area (Å²) in [5.74, 6) is -0.765. The molecule has 1 aliphatic heterocycles. The second-order valence-corrected chi connectivity index (χ2v) is 7.06. The van der Waals surface area contributed by atoms with Crippen LogP contribution >= 0.6 is 0 Å². The topological polar surface area (TPSA) is 65.1 Å². The third-order valence-corrected chi connectivity index (χ3v) is 5.79. The number of hydrogen-bond donors (Lipinski definition) is 0. The van der Waals surface area contributed by atoms with Crippen LogP contribution in [0.2, 0.25) is 0 Å². The van der Waals surface area contributed by atoms with Gasteiger partial charge in [-0.3, -0.25) is 4.84 Å². The first-order valence-corrected chi connectivity index (χ1v) is 9.60. The zero-order valence-corrected chi connectivity index (χ0v) is 17.0. The Balaban J connectivity index is 2.54. The third kappa shape index (κ3) is 3.73. The molecule has 6 nitrogen and oxygen atoms in total. The minimum absolute atomic E-state index is 0.338. The summed E-state index contributed by atoms with van der Waals surface area (Å²) in [4.78, 5) is 32.1. The first-order chi connectivity index (χ1) is 12.9. The van der Waals surface area contributed by atoms with Crippen LogP contribution in [0.4, 0.5) is 0 Å². The predicted octanol–water partition coefficient (Wildman–Crippen LogP) is 3.81. The highest BCUT2D eigenvalue weighted by atomic mass is 16.7. The zero-order valence-electron chi connectivity index (χ0n) is 17.0. The molecule has 0 radical (unpaired) electrons. The summed E-state index contributed by atoms with van der Waals surface area (Å²) in [6.45, 7) is 5.76. The lowest BCUT2D eigenvalue weighted by atomic mass is 9.75. The fourth-order valence-electron chi connectivity index (χ4n) is 4.11. The van der Waals surface area contributed by atoms with Crippen molar-refractivity contribution in [2.75, 3.05) is 14.2 Å². The maximum atomic E-state index is 12.9. The van der Waals surface area contributed by atoms with E-state index in [9.17, 15) is 9.59 Å². The molecule has 6 heteroatoms. The van der Waals surface area contributed by atoms with Gasteiger partial charge in [0.1, 0.15) is 17.2 Å². The lowest BCUT2D eigenvalue weighted by molar-refractivity contribution is -0.313. The fourth-order valence-corrected chi connectivity index (χ4v) is 4.11. The average molecular weight is 377 g/mol. The number of hydroxylamine groups is 2. The monoisotopic (exact) mass is 377 g/mol. The van der Waals surface area contributed by atoms with Crippen molar-refractivity contribution in [1.29, 1.82) is 0 Å². The van der Waals surface area contributed by atoms with E-state index in [4.69, 9.17) is 14.3 Å². The second kappa shape index (κ2) is 8.85. The molecule has 1 fully saturated rings. The maximum absolute atomic E-state index is 12.9. The van der Waals surface area contributed by atoms with Gasteiger partial charge in [-0.1, -0.05) is 44.2 Å². The molecular formula is C21H31NO5. The summed E-state index contributed by atoms with van der Waals surface area (Å²) in [6.07, 6.45) is 2.45. The van der Waals surface area contributed by atoms with Crippen molar-refractivity contribution < 1.29 is 23.9 Å². The van der Waals surface area contributed by atoms with Gasteiger partial charge in [-0.2, -0.15) is 5.06 Å². The van der Waals surface area contributed by atoms with Crippen molar-refractivity contribution in [1.82, 2.24) is 5.06 Å². The van der Waals surface area contributed by atoms with Crippen molar-refractivity contribution >= 4 is 11.9 Å². The van der Waals surface area contributed by atoms with Crippen LogP contribution in [0.1, 0.15) is 64.5 Å². The SMILES string of the molecule is CC[C@@]1(C(=O)OC)CCC[C@@](CC)(C(=O)OC)N1OC(C)c1ccccc1. The van der Waals surface area contributed by atoms with Gasteiger partial charge >= 0.3 is 11.9 Å². The van der Waals surface area contributed by atoms with Crippen LogP contribution in [0.15, 0.2) is 30.3 Å². The Bertz CT molecular complexity index is 617. The van der Waals surface area contributed by atoms with Gasteiger partial charge < -0.3 is 9.47 Å². The van der Waals surface area contributed by atoms with Gasteiger partial charge in [0.15, 0.2) is 0 Å². The van der Waals surface area contributed by atoms with Crippen molar-refractivity contribution in [3.05, 3.63) is 35.9 Å². The molecule has 1 heterocycles. The van der Waals surface area contributed by atoms with E-state index in [0.717, 1.165) is 5.56 Å². The molecule has 0 saturated carbocycles. The lowest BCUT2D eigenvalue weighted by Gasteiger charge is -2.53. The van der Waals surface area contributed by atoms with E-state index in [1.165, 1.54) is 14.2 Å². The third-order valence-electron chi connectivity index (χ3n) is 5.79. The minimum Gasteiger partial charge on any atom is -0.468 e. The van der Waals surface area contributed by atoms with Crippen LogP contribution in [0.3, 0.4) is 0 Å². The smallest absolute Gasteiger partial charge is 0.328 e. The summed E-state index contributed by atoms with van der Waals surface area (Å²) in [5.41, 5.74) is -1.09. The molecule has 0 aliphatic carbocycles. The predicted molar refractivity (Wildman–Crippen MR) is 102 cm³/mol. The molecule has 2 rings (SSSR count). The van der Waals surface area contributed by atoms with Crippen LogP contribution in [-0.4, -0.2) is 42.3 Å². The van der Waals surface area contributed by atoms with Crippen LogP contribution in [0, 0.1) is 0 Å². The average Bonchev–Trinajstić information content (AvgIpc) is 2.73. The van der Waals surface area contributed by atoms with Gasteiger partial charge in [-0.25, -0.2) is 9.59 Å². The largest absolute Gasteiger partial charge is 0.468 e. The van der Waals surface area contributed by atoms with E-state index in [-0.39, 0.29) is 18.0 Å². The molecule has 1 saturated heterocycles. The summed E-state index contributed by atoms with van der Waals surface area (Å²) >= 11 is 0. The number of nitrogens with zero attached hydrogens (tertiary/aromatic N) is 1. The minimum atomic E-state index is -1.03. The van der Waals surface area contributed by atoms with Gasteiger partial charge in [0.25, 0.3) is 0 Å². The number of piperidine rings is 1. The van der Waals surface area contributed by atoms with E-state index in [0.29, 0.717) is 32.1 Å². The van der Waals surface area contributed by atoms with Crippen LogP contribution in [0.25, 0.3) is 0 Å². The van der Waals surface area contributed by atoms with Crippen LogP contribution < -0.4 is 0 Å². The van der Waals surface area contributed by atoms with Crippen molar-refractivity contribution in [2.24, 2.45) is 0 Å². The van der Waals surface area contributed by atoms with E-state index in [1.54, 1.807) is 5.06 Å². The normalized spacial score (nSPS) is 27.0. The Kier molecular flexibility index (Phi) is 7.00. The van der Waals surface area contributed by atoms with Crippen molar-refractivity contribution in [2.45, 2.75) is 70.1 Å². The summed E-state index contributed by atoms with van der Waals surface area (Å²) in [5, 5.41) is 1.61. The quantitative estimate of drug-likeness (QED) is 0.673. The lowest BCUT2D eigenvalue weighted by Crippen LogP contribution is -2.69. The number of benzene rings is 1. The molecule has 150 valence electrons. The van der Waals surface area contributed by atoms with Crippen LogP contribution in [-0.2, 0) is 23.9 Å². The Morgan fingerprint density at radius 1 is 1.00 bits per heavy atom. The molecule has 1 aromatic rings. The number of carbonyl (C=O) groups is 2. The Morgan fingerprint density at radius 3 is 1.89 bits per heavy atom. The van der Waals surface area contributed by atoms with E-state index in [2.05, 4.69) is 0 Å². The van der Waals surface area contributed by atoms with Gasteiger partial charge in [-0.05, 0) is 44.6 Å². The number of rotatable bonds is 7. The number of esters is 2. The second-order valence-electron chi connectivity index (χ2n) is 7.06. The van der Waals surface area contributed by atoms with Gasteiger partial charge in [-0.15, -0.1) is 0 Å². The number of ether oxygens (including phenoxy) is 2. The number of carbonyl (C=O) groups excluding carboxylic acids is 2. The highest BCUT2D eigenvalue weighted by Gasteiger charge is 2.60. The van der Waals surface area contributed by atoms with E-state index < -0.39 is 11.1 Å². The molecule has 1 aromatic carbocycles. The molecule has 27 heavy (non-hydrogen) atoms. The number of methoxy groups -OCH3 is 2. The first kappa shape index (κ1) is 21.4. The highest BCUT2D eigenvalue weighted by Crippen LogP contribution is 2.45. The van der Waals surface area contributed by atoms with Crippen LogP contribution in [0.5, 0.6) is 0 Å². The molecular weight excluding hydrogens is 346 g/mol. The molecule has 0 aromatic heterocycles. The van der Waals surface area contributed by atoms with Crippen molar-refractivity contribution in [3.8, 4) is 0 Å². The maximum Gasteiger partial charge on any atom is 0.328 e.